The van der Waals surface area contributed by atoms with Gasteiger partial charge in [0.25, 0.3) is 0 Å². The van der Waals surface area contributed by atoms with E-state index in [-0.39, 0.29) is 19.2 Å². The van der Waals surface area contributed by atoms with Crippen LogP contribution in [-0.4, -0.2) is 47.8 Å². The summed E-state index contributed by atoms with van der Waals surface area (Å²) in [5.41, 5.74) is -1.95. The van der Waals surface area contributed by atoms with Gasteiger partial charge < -0.3 is 20.1 Å². The molecule has 0 rings (SSSR count). The zero-order valence-electron chi connectivity index (χ0n) is 7.30. The Labute approximate surface area is 77.3 Å². The van der Waals surface area contributed by atoms with E-state index in [2.05, 4.69) is 5.32 Å². The Morgan fingerprint density at radius 1 is 1.54 bits per heavy atom. The zero-order chi connectivity index (χ0) is 10.5. The van der Waals surface area contributed by atoms with E-state index >= 15 is 0 Å². The Kier molecular flexibility index (Phi) is 5.42. The number of rotatable bonds is 6. The van der Waals surface area contributed by atoms with Crippen molar-refractivity contribution in [2.24, 2.45) is 0 Å². The first-order valence-corrected chi connectivity index (χ1v) is 5.36. The van der Waals surface area contributed by atoms with Crippen LogP contribution in [0.4, 0.5) is 0 Å². The summed E-state index contributed by atoms with van der Waals surface area (Å²) in [4.78, 5) is 0. The highest BCUT2D eigenvalue weighted by Gasteiger charge is 2.13. The minimum absolute atomic E-state index is 0.165. The molecule has 6 nitrogen and oxygen atoms in total. The number of aliphatic hydroxyl groups is 2. The van der Waals surface area contributed by atoms with Gasteiger partial charge in [-0.2, -0.15) is 0 Å². The van der Waals surface area contributed by atoms with E-state index < -0.39 is 15.6 Å². The maximum absolute atomic E-state index is 10.2. The van der Waals surface area contributed by atoms with Gasteiger partial charge in [-0.05, 0) is 6.42 Å². The van der Waals surface area contributed by atoms with Gasteiger partial charge in [-0.25, -0.2) is 8.42 Å². The van der Waals surface area contributed by atoms with Crippen LogP contribution in [0.1, 0.15) is 13.3 Å². The molecule has 80 valence electrons. The summed E-state index contributed by atoms with van der Waals surface area (Å²) in [6, 6.07) is -0.295. The predicted molar refractivity (Wildman–Crippen MR) is 44.9 cm³/mol. The monoisotopic (exact) mass is 212 g/mol. The minimum Gasteiger partial charge on any atom is -0.746 e. The standard InChI is InChI=1S/C6H15NO5S/c1-2-5(4-8)7-3-6(9)13(10,11)12/h5-9H,2-4H2,1H3,(H,10,11,12)/p-1. The van der Waals surface area contributed by atoms with Gasteiger partial charge in [0.2, 0.25) is 0 Å². The van der Waals surface area contributed by atoms with Gasteiger partial charge >= 0.3 is 0 Å². The van der Waals surface area contributed by atoms with Gasteiger partial charge in [-0.3, -0.25) is 0 Å². The molecular weight excluding hydrogens is 198 g/mol. The molecule has 3 N–H and O–H groups in total. The average molecular weight is 212 g/mol. The largest absolute Gasteiger partial charge is 0.746 e. The van der Waals surface area contributed by atoms with Crippen molar-refractivity contribution >= 4 is 10.1 Å². The molecule has 0 aliphatic carbocycles. The van der Waals surface area contributed by atoms with Gasteiger partial charge in [0.1, 0.15) is 10.1 Å². The summed E-state index contributed by atoms with van der Waals surface area (Å²) in [5, 5.41) is 20.0. The summed E-state index contributed by atoms with van der Waals surface area (Å²) in [6.45, 7) is 1.26. The molecule has 0 heterocycles. The van der Waals surface area contributed by atoms with Crippen LogP contribution in [0.3, 0.4) is 0 Å². The minimum atomic E-state index is -4.65. The van der Waals surface area contributed by atoms with Gasteiger partial charge in [0.05, 0.1) is 6.61 Å². The third kappa shape index (κ3) is 5.17. The maximum Gasteiger partial charge on any atom is 0.155 e. The Morgan fingerprint density at radius 3 is 2.38 bits per heavy atom. The first-order valence-electron chi connectivity index (χ1n) is 3.88. The van der Waals surface area contributed by atoms with E-state index in [9.17, 15) is 13.0 Å². The van der Waals surface area contributed by atoms with Gasteiger partial charge in [-0.1, -0.05) is 6.92 Å². The molecule has 0 aromatic heterocycles. The second-order valence-corrected chi connectivity index (χ2v) is 4.17. The molecule has 2 atom stereocenters. The van der Waals surface area contributed by atoms with Crippen LogP contribution in [0.2, 0.25) is 0 Å². The molecule has 0 aromatic rings. The molecule has 0 saturated heterocycles. The van der Waals surface area contributed by atoms with Gasteiger partial charge in [0, 0.05) is 12.6 Å². The number of aliphatic hydroxyl groups excluding tert-OH is 2. The van der Waals surface area contributed by atoms with E-state index in [1.165, 1.54) is 0 Å². The lowest BCUT2D eigenvalue weighted by Crippen LogP contribution is -2.40. The highest BCUT2D eigenvalue weighted by atomic mass is 32.2. The molecule has 0 aliphatic rings. The Balaban J connectivity index is 3.89. The quantitative estimate of drug-likeness (QED) is 0.449. The molecule has 0 fully saturated rings. The Morgan fingerprint density at radius 2 is 2.08 bits per heavy atom. The van der Waals surface area contributed by atoms with E-state index in [1.54, 1.807) is 6.92 Å². The Hall–Kier alpha value is -0.210. The van der Waals surface area contributed by atoms with Crippen LogP contribution in [0, 0.1) is 0 Å². The van der Waals surface area contributed by atoms with Crippen molar-refractivity contribution < 1.29 is 23.2 Å². The molecule has 0 saturated carbocycles. The lowest BCUT2D eigenvalue weighted by atomic mass is 10.2. The van der Waals surface area contributed by atoms with Crippen molar-refractivity contribution in [2.45, 2.75) is 24.8 Å². The molecule has 2 unspecified atom stereocenters. The molecule has 7 heteroatoms. The van der Waals surface area contributed by atoms with Crippen LogP contribution >= 0.6 is 0 Å². The van der Waals surface area contributed by atoms with Crippen molar-refractivity contribution in [3.8, 4) is 0 Å². The van der Waals surface area contributed by atoms with E-state index in [4.69, 9.17) is 10.2 Å². The molecule has 0 spiro atoms. The van der Waals surface area contributed by atoms with Gasteiger partial charge in [-0.15, -0.1) is 0 Å². The number of hydrogen-bond acceptors (Lipinski definition) is 6. The van der Waals surface area contributed by atoms with Crippen molar-refractivity contribution in [3.63, 3.8) is 0 Å². The van der Waals surface area contributed by atoms with Crippen molar-refractivity contribution in [2.75, 3.05) is 13.2 Å². The van der Waals surface area contributed by atoms with Crippen molar-refractivity contribution in [3.05, 3.63) is 0 Å². The highest BCUT2D eigenvalue weighted by molar-refractivity contribution is 7.86. The van der Waals surface area contributed by atoms with Crippen LogP contribution in [0.15, 0.2) is 0 Å². The average Bonchev–Trinajstić information content (AvgIpc) is 2.04. The summed E-state index contributed by atoms with van der Waals surface area (Å²) in [7, 11) is -4.65. The fourth-order valence-corrected chi connectivity index (χ4v) is 1.01. The molecular formula is C6H14NO5S-. The third-order valence-electron chi connectivity index (χ3n) is 1.63. The molecule has 0 amide bonds. The summed E-state index contributed by atoms with van der Waals surface area (Å²) in [5.74, 6) is 0. The maximum atomic E-state index is 10.2. The third-order valence-corrected chi connectivity index (χ3v) is 2.46. The van der Waals surface area contributed by atoms with Crippen LogP contribution in [-0.2, 0) is 10.1 Å². The summed E-state index contributed by atoms with van der Waals surface area (Å²) >= 11 is 0. The summed E-state index contributed by atoms with van der Waals surface area (Å²) in [6.07, 6.45) is 0.585. The lowest BCUT2D eigenvalue weighted by molar-refractivity contribution is 0.197. The van der Waals surface area contributed by atoms with E-state index in [0.29, 0.717) is 6.42 Å². The molecule has 0 aromatic carbocycles. The Bertz CT molecular complexity index is 223. The molecule has 0 bridgehead atoms. The zero-order valence-corrected chi connectivity index (χ0v) is 8.12. The first kappa shape index (κ1) is 12.8. The molecule has 0 aliphatic heterocycles. The second kappa shape index (κ2) is 5.51. The van der Waals surface area contributed by atoms with Gasteiger partial charge in [0.15, 0.2) is 5.44 Å². The fourth-order valence-electron chi connectivity index (χ4n) is 0.708. The second-order valence-electron chi connectivity index (χ2n) is 2.64. The number of hydrogen-bond donors (Lipinski definition) is 3. The predicted octanol–water partition coefficient (Wildman–Crippen LogP) is -1.79. The van der Waals surface area contributed by atoms with Crippen LogP contribution in [0.25, 0.3) is 0 Å². The number of nitrogens with one attached hydrogen (secondary N) is 1. The SMILES string of the molecule is CCC(CO)NCC(O)S(=O)(=O)[O-]. The molecule has 0 radical (unpaired) electrons. The fraction of sp³-hybridized carbons (Fsp3) is 1.00. The smallest absolute Gasteiger partial charge is 0.155 e. The summed E-state index contributed by atoms with van der Waals surface area (Å²) < 4.78 is 30.6. The first-order chi connectivity index (χ1) is 5.91. The normalized spacial score (nSPS) is 16.9. The van der Waals surface area contributed by atoms with Crippen molar-refractivity contribution in [1.29, 1.82) is 0 Å². The van der Waals surface area contributed by atoms with E-state index in [1.807, 2.05) is 0 Å². The molecule has 13 heavy (non-hydrogen) atoms. The topological polar surface area (TPSA) is 110 Å². The van der Waals surface area contributed by atoms with Crippen molar-refractivity contribution in [1.82, 2.24) is 5.32 Å². The van der Waals surface area contributed by atoms with Crippen LogP contribution in [0.5, 0.6) is 0 Å². The highest BCUT2D eigenvalue weighted by Crippen LogP contribution is 1.94. The van der Waals surface area contributed by atoms with E-state index in [0.717, 1.165) is 0 Å². The lowest BCUT2D eigenvalue weighted by Gasteiger charge is -2.19. The van der Waals surface area contributed by atoms with Crippen LogP contribution < -0.4 is 5.32 Å².